The highest BCUT2D eigenvalue weighted by molar-refractivity contribution is 5.85. The lowest BCUT2D eigenvalue weighted by atomic mass is 10.3. The number of nitrogens with zero attached hydrogens (tertiary/aromatic N) is 2. The van der Waals surface area contributed by atoms with Crippen LogP contribution in [0.25, 0.3) is 0 Å². The second-order valence-electron chi connectivity index (χ2n) is 3.44. The van der Waals surface area contributed by atoms with Crippen molar-refractivity contribution >= 4 is 17.5 Å². The van der Waals surface area contributed by atoms with E-state index in [1.54, 1.807) is 0 Å². The van der Waals surface area contributed by atoms with Gasteiger partial charge in [0.05, 0.1) is 18.1 Å². The number of hydrogen-bond donors (Lipinski definition) is 2. The molecular formula is C11H6F3N3O2. The fraction of sp³-hybridized carbons (Fsp3) is 0. The fourth-order valence-electron chi connectivity index (χ4n) is 1.26. The molecular weight excluding hydrogens is 263 g/mol. The third kappa shape index (κ3) is 2.62. The van der Waals surface area contributed by atoms with Gasteiger partial charge in [-0.25, -0.2) is 27.9 Å². The van der Waals surface area contributed by atoms with E-state index >= 15 is 0 Å². The van der Waals surface area contributed by atoms with Crippen molar-refractivity contribution in [2.75, 3.05) is 5.32 Å². The summed E-state index contributed by atoms with van der Waals surface area (Å²) in [4.78, 5) is 17.7. The van der Waals surface area contributed by atoms with Crippen molar-refractivity contribution in [1.29, 1.82) is 0 Å². The normalized spacial score (nSPS) is 10.3. The number of rotatable bonds is 3. The van der Waals surface area contributed by atoms with E-state index in [1.165, 1.54) is 0 Å². The van der Waals surface area contributed by atoms with Gasteiger partial charge >= 0.3 is 5.97 Å². The van der Waals surface area contributed by atoms with Crippen LogP contribution in [0.1, 0.15) is 10.5 Å². The van der Waals surface area contributed by atoms with E-state index in [2.05, 4.69) is 15.3 Å². The summed E-state index contributed by atoms with van der Waals surface area (Å²) in [5.41, 5.74) is -0.632. The number of aromatic carboxylic acids is 1. The number of carboxylic acid groups (broad SMARTS) is 1. The summed E-state index contributed by atoms with van der Waals surface area (Å²) in [7, 11) is 0. The van der Waals surface area contributed by atoms with Crippen LogP contribution in [0.4, 0.5) is 24.7 Å². The average molecular weight is 269 g/mol. The van der Waals surface area contributed by atoms with Crippen molar-refractivity contribution in [3.05, 3.63) is 47.7 Å². The highest BCUT2D eigenvalue weighted by Crippen LogP contribution is 2.22. The molecule has 0 radical (unpaired) electrons. The van der Waals surface area contributed by atoms with Gasteiger partial charge < -0.3 is 10.4 Å². The zero-order valence-corrected chi connectivity index (χ0v) is 9.19. The molecule has 2 N–H and O–H groups in total. The minimum absolute atomic E-state index is 0.00471. The van der Waals surface area contributed by atoms with Crippen LogP contribution in [-0.4, -0.2) is 21.0 Å². The monoisotopic (exact) mass is 269 g/mol. The van der Waals surface area contributed by atoms with Crippen LogP contribution in [-0.2, 0) is 0 Å². The SMILES string of the molecule is O=C(O)c1cnc(Nc2ccc(F)c(F)c2F)cn1. The summed E-state index contributed by atoms with van der Waals surface area (Å²) in [5.74, 6) is -5.59. The molecule has 0 atom stereocenters. The van der Waals surface area contributed by atoms with Gasteiger partial charge in [0.1, 0.15) is 5.82 Å². The van der Waals surface area contributed by atoms with E-state index < -0.39 is 23.4 Å². The van der Waals surface area contributed by atoms with Crippen LogP contribution in [0.3, 0.4) is 0 Å². The predicted octanol–water partition coefficient (Wildman–Crippen LogP) is 2.34. The van der Waals surface area contributed by atoms with E-state index in [1.807, 2.05) is 0 Å². The number of hydrogen-bond acceptors (Lipinski definition) is 4. The summed E-state index contributed by atoms with van der Waals surface area (Å²) in [5, 5.41) is 11.0. The molecule has 98 valence electrons. The van der Waals surface area contributed by atoms with E-state index in [9.17, 15) is 18.0 Å². The van der Waals surface area contributed by atoms with Gasteiger partial charge in [-0.05, 0) is 12.1 Å². The molecule has 0 bridgehead atoms. The molecule has 2 rings (SSSR count). The van der Waals surface area contributed by atoms with Gasteiger partial charge in [-0.15, -0.1) is 0 Å². The number of carbonyl (C=O) groups is 1. The lowest BCUT2D eigenvalue weighted by molar-refractivity contribution is 0.0690. The smallest absolute Gasteiger partial charge is 0.356 e. The van der Waals surface area contributed by atoms with Crippen LogP contribution in [0.2, 0.25) is 0 Å². The topological polar surface area (TPSA) is 75.1 Å². The van der Waals surface area contributed by atoms with Gasteiger partial charge in [0, 0.05) is 0 Å². The molecule has 19 heavy (non-hydrogen) atoms. The zero-order valence-electron chi connectivity index (χ0n) is 9.19. The highest BCUT2D eigenvalue weighted by atomic mass is 19.2. The third-order valence-corrected chi connectivity index (χ3v) is 2.17. The maximum absolute atomic E-state index is 13.3. The summed E-state index contributed by atoms with van der Waals surface area (Å²) in [6, 6.07) is 1.74. The highest BCUT2D eigenvalue weighted by Gasteiger charge is 2.14. The Balaban J connectivity index is 2.26. The predicted molar refractivity (Wildman–Crippen MR) is 58.6 cm³/mol. The minimum Gasteiger partial charge on any atom is -0.476 e. The molecule has 0 amide bonds. The number of anilines is 2. The first-order chi connectivity index (χ1) is 8.99. The maximum atomic E-state index is 13.3. The Labute approximate surface area is 104 Å². The van der Waals surface area contributed by atoms with Gasteiger partial charge in [0.2, 0.25) is 0 Å². The molecule has 1 aromatic heterocycles. The van der Waals surface area contributed by atoms with Crippen molar-refractivity contribution in [3.63, 3.8) is 0 Å². The molecule has 0 saturated carbocycles. The Hall–Kier alpha value is -2.64. The molecule has 0 unspecified atom stereocenters. The quantitative estimate of drug-likeness (QED) is 0.836. The van der Waals surface area contributed by atoms with Gasteiger partial charge in [-0.1, -0.05) is 0 Å². The Bertz CT molecular complexity index is 632. The van der Waals surface area contributed by atoms with Crippen molar-refractivity contribution in [1.82, 2.24) is 9.97 Å². The first-order valence-electron chi connectivity index (χ1n) is 4.95. The Kier molecular flexibility index (Phi) is 3.32. The number of carboxylic acids is 1. The lowest BCUT2D eigenvalue weighted by Gasteiger charge is -2.07. The molecule has 2 aromatic rings. The lowest BCUT2D eigenvalue weighted by Crippen LogP contribution is -2.04. The molecule has 8 heteroatoms. The van der Waals surface area contributed by atoms with E-state index in [4.69, 9.17) is 5.11 Å². The van der Waals surface area contributed by atoms with Crippen LogP contribution in [0.5, 0.6) is 0 Å². The van der Waals surface area contributed by atoms with Crippen molar-refractivity contribution in [2.45, 2.75) is 0 Å². The minimum atomic E-state index is -1.61. The maximum Gasteiger partial charge on any atom is 0.356 e. The molecule has 0 aliphatic carbocycles. The fourth-order valence-corrected chi connectivity index (χ4v) is 1.26. The van der Waals surface area contributed by atoms with E-state index in [0.717, 1.165) is 24.5 Å². The van der Waals surface area contributed by atoms with Crippen LogP contribution < -0.4 is 5.32 Å². The second-order valence-corrected chi connectivity index (χ2v) is 3.44. The number of benzene rings is 1. The Morgan fingerprint density at radius 1 is 1.11 bits per heavy atom. The number of nitrogens with one attached hydrogen (secondary N) is 1. The van der Waals surface area contributed by atoms with Gasteiger partial charge in [-0.3, -0.25) is 0 Å². The van der Waals surface area contributed by atoms with Crippen molar-refractivity contribution < 1.29 is 23.1 Å². The van der Waals surface area contributed by atoms with Crippen LogP contribution >= 0.6 is 0 Å². The summed E-state index contributed by atoms with van der Waals surface area (Å²) in [6.07, 6.45) is 1.98. The molecule has 0 aliphatic heterocycles. The first kappa shape index (κ1) is 12.8. The molecule has 1 heterocycles. The van der Waals surface area contributed by atoms with Crippen molar-refractivity contribution in [3.8, 4) is 0 Å². The average Bonchev–Trinajstić information content (AvgIpc) is 2.40. The largest absolute Gasteiger partial charge is 0.476 e. The van der Waals surface area contributed by atoms with Crippen molar-refractivity contribution in [2.24, 2.45) is 0 Å². The van der Waals surface area contributed by atoms with Crippen LogP contribution in [0.15, 0.2) is 24.5 Å². The van der Waals surface area contributed by atoms with Gasteiger partial charge in [0.25, 0.3) is 0 Å². The Morgan fingerprint density at radius 3 is 2.42 bits per heavy atom. The summed E-state index contributed by atoms with van der Waals surface area (Å²) < 4.78 is 39.0. The second kappa shape index (κ2) is 4.92. The first-order valence-corrected chi connectivity index (χ1v) is 4.95. The number of halogens is 3. The van der Waals surface area contributed by atoms with Gasteiger partial charge in [-0.2, -0.15) is 0 Å². The third-order valence-electron chi connectivity index (χ3n) is 2.17. The standard InChI is InChI=1S/C11H6F3N3O2/c12-5-1-2-6(10(14)9(5)13)17-8-4-15-7(3-16-8)11(18)19/h1-4H,(H,16,17)(H,18,19). The summed E-state index contributed by atoms with van der Waals surface area (Å²) >= 11 is 0. The van der Waals surface area contributed by atoms with Crippen LogP contribution in [0, 0.1) is 17.5 Å². The summed E-state index contributed by atoms with van der Waals surface area (Å²) in [6.45, 7) is 0. The van der Waals surface area contributed by atoms with E-state index in [-0.39, 0.29) is 17.2 Å². The van der Waals surface area contributed by atoms with Gasteiger partial charge in [0.15, 0.2) is 23.1 Å². The molecule has 0 spiro atoms. The number of aromatic nitrogens is 2. The van der Waals surface area contributed by atoms with E-state index in [0.29, 0.717) is 0 Å². The molecule has 5 nitrogen and oxygen atoms in total. The molecule has 0 fully saturated rings. The molecule has 0 aliphatic rings. The molecule has 1 aromatic carbocycles. The zero-order chi connectivity index (χ0) is 14.0. The Morgan fingerprint density at radius 2 is 1.84 bits per heavy atom. The molecule has 0 saturated heterocycles.